The van der Waals surface area contributed by atoms with Crippen molar-refractivity contribution in [2.24, 2.45) is 0 Å². The minimum absolute atomic E-state index is 0.410. The van der Waals surface area contributed by atoms with E-state index in [9.17, 15) is 0 Å². The molecule has 1 nitrogen and oxygen atoms in total. The fourth-order valence-electron chi connectivity index (χ4n) is 2.30. The van der Waals surface area contributed by atoms with Gasteiger partial charge in [0.15, 0.2) is 0 Å². The Morgan fingerprint density at radius 2 is 1.70 bits per heavy atom. The number of aryl methyl sites for hydroxylation is 2. The summed E-state index contributed by atoms with van der Waals surface area (Å²) in [5.41, 5.74) is 4.09. The predicted molar refractivity (Wildman–Crippen MR) is 89.5 cm³/mol. The van der Waals surface area contributed by atoms with Crippen LogP contribution in [0.2, 0.25) is 0 Å². The maximum atomic E-state index is 3.60. The van der Waals surface area contributed by atoms with Gasteiger partial charge in [0.05, 0.1) is 0 Å². The van der Waals surface area contributed by atoms with Gasteiger partial charge in [-0.3, -0.25) is 0 Å². The van der Waals surface area contributed by atoms with Crippen molar-refractivity contribution in [3.05, 3.63) is 65.2 Å². The van der Waals surface area contributed by atoms with E-state index in [1.807, 2.05) is 11.8 Å². The van der Waals surface area contributed by atoms with Crippen molar-refractivity contribution in [2.75, 3.05) is 12.3 Å². The molecule has 0 aliphatic rings. The zero-order valence-electron chi connectivity index (χ0n) is 12.5. The summed E-state index contributed by atoms with van der Waals surface area (Å²) in [6.07, 6.45) is 0. The first kappa shape index (κ1) is 15.1. The van der Waals surface area contributed by atoms with Gasteiger partial charge in [0.2, 0.25) is 0 Å². The minimum Gasteiger partial charge on any atom is -0.309 e. The summed E-state index contributed by atoms with van der Waals surface area (Å²) in [6, 6.07) is 17.8. The van der Waals surface area contributed by atoms with Crippen molar-refractivity contribution in [2.45, 2.75) is 31.7 Å². The Morgan fingerprint density at radius 3 is 2.35 bits per heavy atom. The second-order valence-corrected chi connectivity index (χ2v) is 6.18. The molecule has 106 valence electrons. The molecule has 0 aromatic heterocycles. The van der Waals surface area contributed by atoms with Crippen molar-refractivity contribution in [3.63, 3.8) is 0 Å². The highest BCUT2D eigenvalue weighted by Gasteiger charge is 2.12. The zero-order chi connectivity index (χ0) is 14.4. The summed E-state index contributed by atoms with van der Waals surface area (Å²) in [4.78, 5) is 1.34. The number of benzene rings is 2. The van der Waals surface area contributed by atoms with Crippen LogP contribution in [-0.4, -0.2) is 12.3 Å². The lowest BCUT2D eigenvalue weighted by molar-refractivity contribution is 0.603. The normalized spacial score (nSPS) is 12.3. The summed E-state index contributed by atoms with van der Waals surface area (Å²) in [5, 5.41) is 3.60. The monoisotopic (exact) mass is 285 g/mol. The largest absolute Gasteiger partial charge is 0.309 e. The lowest BCUT2D eigenvalue weighted by Crippen LogP contribution is -2.23. The molecule has 0 saturated heterocycles. The van der Waals surface area contributed by atoms with Crippen LogP contribution in [0.25, 0.3) is 0 Å². The van der Waals surface area contributed by atoms with Gasteiger partial charge in [-0.25, -0.2) is 0 Å². The number of hydrogen-bond acceptors (Lipinski definition) is 2. The molecule has 0 amide bonds. The van der Waals surface area contributed by atoms with Gasteiger partial charge in [-0.15, -0.1) is 11.8 Å². The molecule has 0 saturated carbocycles. The van der Waals surface area contributed by atoms with E-state index in [2.05, 4.69) is 74.6 Å². The Morgan fingerprint density at radius 1 is 1.00 bits per heavy atom. The quantitative estimate of drug-likeness (QED) is 0.769. The first-order valence-electron chi connectivity index (χ1n) is 7.19. The van der Waals surface area contributed by atoms with E-state index in [0.717, 1.165) is 12.3 Å². The summed E-state index contributed by atoms with van der Waals surface area (Å²) >= 11 is 1.92. The van der Waals surface area contributed by atoms with Gasteiger partial charge in [0, 0.05) is 16.7 Å². The molecule has 0 spiro atoms. The smallest absolute Gasteiger partial charge is 0.0417 e. The van der Waals surface area contributed by atoms with Crippen LogP contribution in [0.4, 0.5) is 0 Å². The fraction of sp³-hybridized carbons (Fsp3) is 0.333. The van der Waals surface area contributed by atoms with Gasteiger partial charge in [-0.05, 0) is 43.7 Å². The Hall–Kier alpha value is -1.25. The number of thioether (sulfide) groups is 1. The van der Waals surface area contributed by atoms with Crippen LogP contribution in [0.15, 0.2) is 53.4 Å². The molecule has 0 aliphatic heterocycles. The first-order chi connectivity index (χ1) is 9.70. The van der Waals surface area contributed by atoms with E-state index >= 15 is 0 Å². The second-order valence-electron chi connectivity index (χ2n) is 5.09. The van der Waals surface area contributed by atoms with Crippen molar-refractivity contribution >= 4 is 11.8 Å². The molecule has 1 unspecified atom stereocenters. The Labute approximate surface area is 126 Å². The zero-order valence-corrected chi connectivity index (χ0v) is 13.3. The first-order valence-corrected chi connectivity index (χ1v) is 8.17. The summed E-state index contributed by atoms with van der Waals surface area (Å²) in [6.45, 7) is 7.48. The molecule has 2 aromatic carbocycles. The van der Waals surface area contributed by atoms with E-state index in [1.54, 1.807) is 0 Å². The van der Waals surface area contributed by atoms with Gasteiger partial charge in [-0.2, -0.15) is 0 Å². The maximum absolute atomic E-state index is 3.60. The molecule has 0 aliphatic carbocycles. The highest BCUT2D eigenvalue weighted by molar-refractivity contribution is 7.99. The minimum atomic E-state index is 0.410. The van der Waals surface area contributed by atoms with E-state index in [-0.39, 0.29) is 0 Å². The number of hydrogen-bond donors (Lipinski definition) is 1. The lowest BCUT2D eigenvalue weighted by atomic mass is 10.0. The summed E-state index contributed by atoms with van der Waals surface area (Å²) in [5.74, 6) is 1.06. The van der Waals surface area contributed by atoms with E-state index in [1.165, 1.54) is 21.6 Å². The molecule has 2 rings (SSSR count). The van der Waals surface area contributed by atoms with Gasteiger partial charge >= 0.3 is 0 Å². The molecule has 2 heteroatoms. The Kier molecular flexibility index (Phi) is 5.69. The molecule has 2 aromatic rings. The van der Waals surface area contributed by atoms with E-state index in [4.69, 9.17) is 0 Å². The van der Waals surface area contributed by atoms with Crippen molar-refractivity contribution in [1.29, 1.82) is 0 Å². The maximum Gasteiger partial charge on any atom is 0.0417 e. The fourth-order valence-corrected chi connectivity index (χ4v) is 3.28. The highest BCUT2D eigenvalue weighted by atomic mass is 32.2. The van der Waals surface area contributed by atoms with Gasteiger partial charge in [-0.1, -0.05) is 48.9 Å². The van der Waals surface area contributed by atoms with Crippen molar-refractivity contribution in [1.82, 2.24) is 5.32 Å². The van der Waals surface area contributed by atoms with Crippen LogP contribution in [-0.2, 0) is 0 Å². The average Bonchev–Trinajstić information content (AvgIpc) is 2.46. The summed E-state index contributed by atoms with van der Waals surface area (Å²) < 4.78 is 0. The molecule has 0 fully saturated rings. The Bertz CT molecular complexity index is 533. The van der Waals surface area contributed by atoms with Gasteiger partial charge in [0.25, 0.3) is 0 Å². The van der Waals surface area contributed by atoms with Crippen LogP contribution >= 0.6 is 11.8 Å². The molecule has 1 N–H and O–H groups in total. The number of nitrogens with one attached hydrogen (secondary N) is 1. The third kappa shape index (κ3) is 4.12. The molecule has 0 radical (unpaired) electrons. The van der Waals surface area contributed by atoms with Gasteiger partial charge < -0.3 is 5.32 Å². The molecule has 0 heterocycles. The predicted octanol–water partition coefficient (Wildman–Crippen LogP) is 4.75. The topological polar surface area (TPSA) is 12.0 Å². The third-order valence-electron chi connectivity index (χ3n) is 3.45. The average molecular weight is 285 g/mol. The lowest BCUT2D eigenvalue weighted by Gasteiger charge is -2.20. The molecular formula is C18H23NS. The van der Waals surface area contributed by atoms with E-state index in [0.29, 0.717) is 6.04 Å². The van der Waals surface area contributed by atoms with Crippen LogP contribution in [0.3, 0.4) is 0 Å². The van der Waals surface area contributed by atoms with Crippen LogP contribution < -0.4 is 5.32 Å². The van der Waals surface area contributed by atoms with E-state index < -0.39 is 0 Å². The van der Waals surface area contributed by atoms with Gasteiger partial charge in [0.1, 0.15) is 0 Å². The standard InChI is InChI=1S/C18H23NS/c1-4-19-18(17-8-6-5-7-15(17)3)13-20-16-11-9-14(2)10-12-16/h5-12,18-19H,4,13H2,1-3H3. The van der Waals surface area contributed by atoms with Crippen molar-refractivity contribution < 1.29 is 0 Å². The number of rotatable bonds is 6. The van der Waals surface area contributed by atoms with Crippen LogP contribution in [0.1, 0.15) is 29.7 Å². The third-order valence-corrected chi connectivity index (χ3v) is 4.56. The molecular weight excluding hydrogens is 262 g/mol. The molecule has 0 bridgehead atoms. The molecule has 1 atom stereocenters. The highest BCUT2D eigenvalue weighted by Crippen LogP contribution is 2.26. The summed E-state index contributed by atoms with van der Waals surface area (Å²) in [7, 11) is 0. The van der Waals surface area contributed by atoms with Crippen molar-refractivity contribution in [3.8, 4) is 0 Å². The SMILES string of the molecule is CCNC(CSc1ccc(C)cc1)c1ccccc1C. The Balaban J connectivity index is 2.06. The molecule has 20 heavy (non-hydrogen) atoms. The van der Waals surface area contributed by atoms with Crippen LogP contribution in [0, 0.1) is 13.8 Å². The second kappa shape index (κ2) is 7.51. The van der Waals surface area contributed by atoms with Crippen LogP contribution in [0.5, 0.6) is 0 Å².